The Morgan fingerprint density at radius 3 is 2.67 bits per heavy atom. The molecule has 0 unspecified atom stereocenters. The van der Waals surface area contributed by atoms with Crippen molar-refractivity contribution in [2.45, 2.75) is 33.6 Å². The first-order chi connectivity index (χ1) is 14.3. The van der Waals surface area contributed by atoms with Crippen LogP contribution in [-0.4, -0.2) is 42.8 Å². The van der Waals surface area contributed by atoms with E-state index in [1.165, 1.54) is 4.90 Å². The maximum absolute atomic E-state index is 12.9. The van der Waals surface area contributed by atoms with Crippen LogP contribution in [0.4, 0.5) is 11.4 Å². The standard InChI is InChI=1S/C24H29N3O3/c1-5-18-7-6-8-20(12-18)27-14-19(13-23(27)29)24(30)26(4)15-22(28)25-21-11-16(2)9-10-17(21)3/h6-12,19H,5,13-15H2,1-4H3,(H,25,28)/t19-/m0/s1. The molecule has 30 heavy (non-hydrogen) atoms. The van der Waals surface area contributed by atoms with Gasteiger partial charge in [0.1, 0.15) is 0 Å². The van der Waals surface area contributed by atoms with Crippen LogP contribution in [0.3, 0.4) is 0 Å². The van der Waals surface area contributed by atoms with Gasteiger partial charge in [-0.2, -0.15) is 0 Å². The number of nitrogens with one attached hydrogen (secondary N) is 1. The average Bonchev–Trinajstić information content (AvgIpc) is 3.11. The Kier molecular flexibility index (Phi) is 6.55. The minimum atomic E-state index is -0.443. The summed E-state index contributed by atoms with van der Waals surface area (Å²) >= 11 is 0. The maximum atomic E-state index is 12.9. The molecule has 0 saturated carbocycles. The van der Waals surface area contributed by atoms with Crippen molar-refractivity contribution in [2.24, 2.45) is 5.92 Å². The molecular weight excluding hydrogens is 378 g/mol. The van der Waals surface area contributed by atoms with Crippen LogP contribution in [0.2, 0.25) is 0 Å². The minimum absolute atomic E-state index is 0.0533. The highest BCUT2D eigenvalue weighted by Crippen LogP contribution is 2.27. The van der Waals surface area contributed by atoms with Crippen LogP contribution >= 0.6 is 0 Å². The van der Waals surface area contributed by atoms with E-state index >= 15 is 0 Å². The van der Waals surface area contributed by atoms with E-state index in [4.69, 9.17) is 0 Å². The number of nitrogens with zero attached hydrogens (tertiary/aromatic N) is 2. The third kappa shape index (κ3) is 4.87. The predicted molar refractivity (Wildman–Crippen MR) is 118 cm³/mol. The van der Waals surface area contributed by atoms with Crippen molar-refractivity contribution in [2.75, 3.05) is 30.4 Å². The fraction of sp³-hybridized carbons (Fsp3) is 0.375. The second-order valence-corrected chi connectivity index (χ2v) is 7.99. The number of likely N-dealkylation sites (N-methyl/N-ethyl adjacent to an activating group) is 1. The summed E-state index contributed by atoms with van der Waals surface area (Å²) < 4.78 is 0. The molecule has 1 atom stereocenters. The molecule has 0 aliphatic carbocycles. The molecule has 2 aromatic rings. The lowest BCUT2D eigenvalue weighted by Crippen LogP contribution is -2.39. The third-order valence-electron chi connectivity index (χ3n) is 5.53. The monoisotopic (exact) mass is 407 g/mol. The van der Waals surface area contributed by atoms with E-state index in [2.05, 4.69) is 12.2 Å². The largest absolute Gasteiger partial charge is 0.336 e. The highest BCUT2D eigenvalue weighted by Gasteiger charge is 2.36. The van der Waals surface area contributed by atoms with E-state index in [9.17, 15) is 14.4 Å². The van der Waals surface area contributed by atoms with Gasteiger partial charge < -0.3 is 15.1 Å². The first-order valence-electron chi connectivity index (χ1n) is 10.3. The number of aryl methyl sites for hydroxylation is 3. The molecule has 1 fully saturated rings. The zero-order valence-corrected chi connectivity index (χ0v) is 18.1. The Morgan fingerprint density at radius 1 is 1.17 bits per heavy atom. The van der Waals surface area contributed by atoms with Gasteiger partial charge in [-0.05, 0) is 55.2 Å². The van der Waals surface area contributed by atoms with Crippen molar-refractivity contribution in [3.8, 4) is 0 Å². The van der Waals surface area contributed by atoms with Crippen LogP contribution in [-0.2, 0) is 20.8 Å². The second kappa shape index (κ2) is 9.11. The molecule has 6 heteroatoms. The number of rotatable bonds is 6. The molecule has 0 bridgehead atoms. The molecule has 1 heterocycles. The van der Waals surface area contributed by atoms with Crippen molar-refractivity contribution in [3.05, 3.63) is 59.2 Å². The molecule has 3 amide bonds. The molecule has 3 rings (SSSR count). The van der Waals surface area contributed by atoms with Crippen LogP contribution in [0.25, 0.3) is 0 Å². The first-order valence-corrected chi connectivity index (χ1v) is 10.3. The van der Waals surface area contributed by atoms with Crippen LogP contribution in [0.15, 0.2) is 42.5 Å². The molecule has 1 aliphatic rings. The Morgan fingerprint density at radius 2 is 1.93 bits per heavy atom. The third-order valence-corrected chi connectivity index (χ3v) is 5.53. The van der Waals surface area contributed by atoms with Gasteiger partial charge in [-0.3, -0.25) is 14.4 Å². The molecular formula is C24H29N3O3. The fourth-order valence-corrected chi connectivity index (χ4v) is 3.73. The van der Waals surface area contributed by atoms with Gasteiger partial charge in [0, 0.05) is 31.4 Å². The van der Waals surface area contributed by atoms with E-state index in [0.717, 1.165) is 34.5 Å². The van der Waals surface area contributed by atoms with Crippen LogP contribution in [0, 0.1) is 19.8 Å². The number of carbonyl (C=O) groups excluding carboxylic acids is 3. The van der Waals surface area contributed by atoms with Gasteiger partial charge in [0.25, 0.3) is 0 Å². The summed E-state index contributed by atoms with van der Waals surface area (Å²) in [4.78, 5) is 40.9. The van der Waals surface area contributed by atoms with E-state index in [1.807, 2.05) is 56.3 Å². The van der Waals surface area contributed by atoms with Crippen LogP contribution < -0.4 is 10.2 Å². The molecule has 1 N–H and O–H groups in total. The van der Waals surface area contributed by atoms with E-state index in [-0.39, 0.29) is 30.7 Å². The highest BCUT2D eigenvalue weighted by atomic mass is 16.2. The first kappa shape index (κ1) is 21.6. The molecule has 6 nitrogen and oxygen atoms in total. The van der Waals surface area contributed by atoms with Crippen molar-refractivity contribution in [1.82, 2.24) is 4.90 Å². The quantitative estimate of drug-likeness (QED) is 0.799. The zero-order valence-electron chi connectivity index (χ0n) is 18.1. The van der Waals surface area contributed by atoms with Gasteiger partial charge in [-0.15, -0.1) is 0 Å². The van der Waals surface area contributed by atoms with Crippen molar-refractivity contribution in [1.29, 1.82) is 0 Å². The lowest BCUT2D eigenvalue weighted by molar-refractivity contribution is -0.137. The number of amides is 3. The SMILES string of the molecule is CCc1cccc(N2C[C@@H](C(=O)N(C)CC(=O)Nc3cc(C)ccc3C)CC2=O)c1. The number of carbonyl (C=O) groups is 3. The summed E-state index contributed by atoms with van der Waals surface area (Å²) in [5, 5.41) is 2.87. The topological polar surface area (TPSA) is 69.7 Å². The lowest BCUT2D eigenvalue weighted by atomic mass is 10.1. The summed E-state index contributed by atoms with van der Waals surface area (Å²) in [6.07, 6.45) is 1.05. The van der Waals surface area contributed by atoms with Gasteiger partial charge in [-0.1, -0.05) is 31.2 Å². The Bertz CT molecular complexity index is 970. The molecule has 2 aromatic carbocycles. The maximum Gasteiger partial charge on any atom is 0.243 e. The van der Waals surface area contributed by atoms with Crippen molar-refractivity contribution < 1.29 is 14.4 Å². The normalized spacial score (nSPS) is 15.9. The van der Waals surface area contributed by atoms with E-state index in [0.29, 0.717) is 6.54 Å². The highest BCUT2D eigenvalue weighted by molar-refractivity contribution is 6.01. The van der Waals surface area contributed by atoms with Crippen LogP contribution in [0.5, 0.6) is 0 Å². The van der Waals surface area contributed by atoms with Gasteiger partial charge in [0.05, 0.1) is 12.5 Å². The van der Waals surface area contributed by atoms with Gasteiger partial charge in [-0.25, -0.2) is 0 Å². The summed E-state index contributed by atoms with van der Waals surface area (Å²) in [5.74, 6) is -0.943. The Hall–Kier alpha value is -3.15. The summed E-state index contributed by atoms with van der Waals surface area (Å²) in [6, 6.07) is 13.7. The second-order valence-electron chi connectivity index (χ2n) is 7.99. The molecule has 1 aliphatic heterocycles. The van der Waals surface area contributed by atoms with Gasteiger partial charge >= 0.3 is 0 Å². The zero-order chi connectivity index (χ0) is 21.8. The number of anilines is 2. The Balaban J connectivity index is 1.61. The summed E-state index contributed by atoms with van der Waals surface area (Å²) in [5.41, 5.74) is 4.74. The molecule has 0 radical (unpaired) electrons. The molecule has 0 aromatic heterocycles. The van der Waals surface area contributed by atoms with Crippen molar-refractivity contribution in [3.63, 3.8) is 0 Å². The molecule has 0 spiro atoms. The Labute approximate surface area is 177 Å². The minimum Gasteiger partial charge on any atom is -0.336 e. The number of hydrogen-bond donors (Lipinski definition) is 1. The fourth-order valence-electron chi connectivity index (χ4n) is 3.73. The van der Waals surface area contributed by atoms with Crippen LogP contribution in [0.1, 0.15) is 30.0 Å². The van der Waals surface area contributed by atoms with E-state index in [1.54, 1.807) is 11.9 Å². The molecule has 1 saturated heterocycles. The molecule has 158 valence electrons. The summed E-state index contributed by atoms with van der Waals surface area (Å²) in [6.45, 7) is 6.24. The van der Waals surface area contributed by atoms with Gasteiger partial charge in [0.15, 0.2) is 0 Å². The number of benzene rings is 2. The van der Waals surface area contributed by atoms with Crippen molar-refractivity contribution >= 4 is 29.1 Å². The van der Waals surface area contributed by atoms with Gasteiger partial charge in [0.2, 0.25) is 17.7 Å². The summed E-state index contributed by atoms with van der Waals surface area (Å²) in [7, 11) is 1.61. The average molecular weight is 408 g/mol. The lowest BCUT2D eigenvalue weighted by Gasteiger charge is -2.21. The number of hydrogen-bond acceptors (Lipinski definition) is 3. The predicted octanol–water partition coefficient (Wildman–Crippen LogP) is 3.32. The smallest absolute Gasteiger partial charge is 0.243 e. The van der Waals surface area contributed by atoms with E-state index < -0.39 is 5.92 Å².